The number of aromatic nitrogens is 2. The second-order valence-electron chi connectivity index (χ2n) is 17.5. The quantitative estimate of drug-likeness (QED) is 0.111. The zero-order valence-electron chi connectivity index (χ0n) is 38.5. The smallest absolute Gasteiger partial charge is 0.416 e. The Morgan fingerprint density at radius 2 is 1.10 bits per heavy atom. The first-order valence-corrected chi connectivity index (χ1v) is 23.2. The van der Waals surface area contributed by atoms with Gasteiger partial charge in [0, 0.05) is 85.4 Å². The maximum Gasteiger partial charge on any atom is 0.416 e. The minimum absolute atomic E-state index is 0. The standard InChI is InChI=1S/C24H25F3N2O3.C24H27F3N2O2.C4H8O.2CH4/c1-31-20-8-9-22-21(12-20)17(13-28-22)11-23(30)29-10-2-3-16(14-29)15-32-19-6-4-18(5-7-19)24(25,26)27;1-30-21-8-9-23-22(13-21)18(14-28-23)10-12-29-11-2-3-17(15-29)16-31-20-6-4-19(5-7-20)24(25,26)27;1-2-4-5-3-1;;/h4-9,12-13,16,28H,2-3,10-11,14-15H2,1H3;4-9,13-14,17,28H,2-3,10-12,15-16H2,1H3;1-4H2;2*1H4. The summed E-state index contributed by atoms with van der Waals surface area (Å²) >= 11 is 0. The molecule has 3 aliphatic heterocycles. The molecule has 16 heteroatoms. The second-order valence-corrected chi connectivity index (χ2v) is 17.5. The molecule has 3 fully saturated rings. The molecule has 4 aromatic carbocycles. The topological polar surface area (TPSA) is 101 Å². The summed E-state index contributed by atoms with van der Waals surface area (Å²) in [6, 6.07) is 21.4. The van der Waals surface area contributed by atoms with Crippen LogP contribution >= 0.6 is 0 Å². The predicted octanol–water partition coefficient (Wildman–Crippen LogP) is 12.7. The predicted molar refractivity (Wildman–Crippen MR) is 263 cm³/mol. The lowest BCUT2D eigenvalue weighted by Crippen LogP contribution is -2.42. The highest BCUT2D eigenvalue weighted by molar-refractivity contribution is 5.90. The highest BCUT2D eigenvalue weighted by Crippen LogP contribution is 2.33. The van der Waals surface area contributed by atoms with Gasteiger partial charge in [0.1, 0.15) is 23.0 Å². The summed E-state index contributed by atoms with van der Waals surface area (Å²) in [5.41, 5.74) is 2.91. The largest absolute Gasteiger partial charge is 0.497 e. The highest BCUT2D eigenvalue weighted by Gasteiger charge is 2.31. The number of piperidine rings is 2. The maximum absolute atomic E-state index is 12.9. The Hall–Kier alpha value is -5.87. The van der Waals surface area contributed by atoms with Gasteiger partial charge in [-0.25, -0.2) is 0 Å². The number of amides is 1. The Bertz CT molecular complexity index is 2490. The molecule has 0 radical (unpaired) electrons. The van der Waals surface area contributed by atoms with E-state index in [1.807, 2.05) is 41.4 Å². The Labute approximate surface area is 407 Å². The van der Waals surface area contributed by atoms with E-state index in [0.717, 1.165) is 123 Å². The van der Waals surface area contributed by atoms with E-state index in [-0.39, 0.29) is 26.7 Å². The van der Waals surface area contributed by atoms with E-state index in [9.17, 15) is 31.1 Å². The van der Waals surface area contributed by atoms with Crippen LogP contribution < -0.4 is 18.9 Å². The van der Waals surface area contributed by atoms with Crippen LogP contribution in [-0.4, -0.2) is 99.0 Å². The van der Waals surface area contributed by atoms with Crippen LogP contribution in [0.5, 0.6) is 23.0 Å². The number of likely N-dealkylation sites (tertiary alicyclic amines) is 2. The lowest BCUT2D eigenvalue weighted by molar-refractivity contribution is -0.138. The number of hydrogen-bond acceptors (Lipinski definition) is 7. The lowest BCUT2D eigenvalue weighted by Gasteiger charge is -2.32. The molecule has 2 aromatic heterocycles. The van der Waals surface area contributed by atoms with Gasteiger partial charge in [-0.3, -0.25) is 4.79 Å². The number of benzene rings is 4. The van der Waals surface area contributed by atoms with Crippen molar-refractivity contribution in [2.45, 2.75) is 78.6 Å². The van der Waals surface area contributed by atoms with Crippen molar-refractivity contribution in [3.63, 3.8) is 0 Å². The third-order valence-electron chi connectivity index (χ3n) is 12.6. The number of rotatable bonds is 13. The van der Waals surface area contributed by atoms with Gasteiger partial charge in [0.15, 0.2) is 0 Å². The first-order chi connectivity index (χ1) is 32.7. The average molecular weight is 983 g/mol. The average Bonchev–Trinajstić information content (AvgIpc) is 4.15. The molecule has 0 saturated carbocycles. The first kappa shape index (κ1) is 55.1. The molecule has 0 bridgehead atoms. The molecule has 2 unspecified atom stereocenters. The SMILES string of the molecule is C.C.C1CCOC1.COc1ccc2[nH]cc(CC(=O)N3CCCC(COc4ccc(C(F)(F)F)cc4)C3)c2c1.COc1ccc2[nH]cc(CCN3CCCC(COc4ccc(C(F)(F)F)cc4)C3)c2c1. The molecule has 3 saturated heterocycles. The van der Waals surface area contributed by atoms with Crippen molar-refractivity contribution in [3.05, 3.63) is 120 Å². The van der Waals surface area contributed by atoms with Crippen molar-refractivity contribution >= 4 is 27.7 Å². The van der Waals surface area contributed by atoms with Crippen LogP contribution in [0.2, 0.25) is 0 Å². The normalized spacial score (nSPS) is 17.3. The summed E-state index contributed by atoms with van der Waals surface area (Å²) in [5.74, 6) is 3.04. The third kappa shape index (κ3) is 15.6. The zero-order valence-corrected chi connectivity index (χ0v) is 38.5. The summed E-state index contributed by atoms with van der Waals surface area (Å²) in [4.78, 5) is 23.8. The van der Waals surface area contributed by atoms with Crippen LogP contribution in [0, 0.1) is 11.8 Å². The van der Waals surface area contributed by atoms with Crippen LogP contribution in [0.15, 0.2) is 97.3 Å². The van der Waals surface area contributed by atoms with Crippen LogP contribution in [0.1, 0.15) is 75.6 Å². The molecular formula is C54H68F6N4O6. The van der Waals surface area contributed by atoms with Crippen molar-refractivity contribution in [2.24, 2.45) is 11.8 Å². The molecule has 1 amide bonds. The Balaban J connectivity index is 0.000000231. The summed E-state index contributed by atoms with van der Waals surface area (Å²) < 4.78 is 103. The van der Waals surface area contributed by atoms with Crippen LogP contribution in [0.25, 0.3) is 21.8 Å². The molecule has 5 heterocycles. The molecule has 382 valence electrons. The van der Waals surface area contributed by atoms with Gasteiger partial charge in [0.25, 0.3) is 0 Å². The van der Waals surface area contributed by atoms with E-state index in [1.54, 1.807) is 14.2 Å². The summed E-state index contributed by atoms with van der Waals surface area (Å²) in [6.45, 7) is 7.10. The zero-order chi connectivity index (χ0) is 48.1. The first-order valence-electron chi connectivity index (χ1n) is 23.2. The second kappa shape index (κ2) is 25.8. The molecule has 6 aromatic rings. The van der Waals surface area contributed by atoms with Gasteiger partial charge in [0.2, 0.25) is 5.91 Å². The van der Waals surface area contributed by atoms with Crippen LogP contribution in [-0.2, 0) is 34.7 Å². The Kier molecular flexibility index (Phi) is 20.3. The number of hydrogen-bond donors (Lipinski definition) is 2. The molecule has 0 aliphatic carbocycles. The number of fused-ring (bicyclic) bond motifs is 2. The van der Waals surface area contributed by atoms with Gasteiger partial charge in [-0.2, -0.15) is 26.3 Å². The fourth-order valence-corrected chi connectivity index (χ4v) is 8.81. The monoisotopic (exact) mass is 983 g/mol. The number of nitrogens with zero attached hydrogens (tertiary/aromatic N) is 2. The van der Waals surface area contributed by atoms with Gasteiger partial charge >= 0.3 is 12.4 Å². The minimum Gasteiger partial charge on any atom is -0.497 e. The highest BCUT2D eigenvalue weighted by atomic mass is 19.4. The number of aromatic amines is 2. The molecule has 70 heavy (non-hydrogen) atoms. The Morgan fingerprint density at radius 3 is 1.59 bits per heavy atom. The number of nitrogens with one attached hydrogen (secondary N) is 2. The number of ether oxygens (including phenoxy) is 5. The maximum atomic E-state index is 12.9. The lowest BCUT2D eigenvalue weighted by atomic mass is 9.98. The number of halogens is 6. The number of methoxy groups -OCH3 is 2. The van der Waals surface area contributed by atoms with E-state index in [0.29, 0.717) is 50.1 Å². The van der Waals surface area contributed by atoms with E-state index in [4.69, 9.17) is 23.7 Å². The summed E-state index contributed by atoms with van der Waals surface area (Å²) in [7, 11) is 3.29. The number of carbonyl (C=O) groups excluding carboxylic acids is 1. The summed E-state index contributed by atoms with van der Waals surface area (Å²) in [6.07, 6.45) is 2.99. The van der Waals surface area contributed by atoms with Crippen molar-refractivity contribution in [2.75, 3.05) is 73.4 Å². The van der Waals surface area contributed by atoms with Gasteiger partial charge in [-0.1, -0.05) is 14.9 Å². The van der Waals surface area contributed by atoms with Gasteiger partial charge in [0.05, 0.1) is 45.0 Å². The van der Waals surface area contributed by atoms with Gasteiger partial charge < -0.3 is 43.5 Å². The van der Waals surface area contributed by atoms with E-state index in [1.165, 1.54) is 48.1 Å². The number of H-pyrrole nitrogens is 2. The van der Waals surface area contributed by atoms with Crippen molar-refractivity contribution in [1.29, 1.82) is 0 Å². The van der Waals surface area contributed by atoms with E-state index in [2.05, 4.69) is 27.1 Å². The van der Waals surface area contributed by atoms with Crippen molar-refractivity contribution in [3.8, 4) is 23.0 Å². The minimum atomic E-state index is -4.36. The van der Waals surface area contributed by atoms with Crippen molar-refractivity contribution in [1.82, 2.24) is 19.8 Å². The molecule has 9 rings (SSSR count). The summed E-state index contributed by atoms with van der Waals surface area (Å²) in [5, 5.41) is 2.16. The van der Waals surface area contributed by atoms with E-state index < -0.39 is 23.5 Å². The molecule has 10 nitrogen and oxygen atoms in total. The van der Waals surface area contributed by atoms with Crippen LogP contribution in [0.3, 0.4) is 0 Å². The third-order valence-corrected chi connectivity index (χ3v) is 12.6. The van der Waals surface area contributed by atoms with Gasteiger partial charge in [-0.05, 0) is 148 Å². The molecule has 3 aliphatic rings. The number of carbonyl (C=O) groups is 1. The number of alkyl halides is 6. The van der Waals surface area contributed by atoms with Crippen molar-refractivity contribution < 1.29 is 54.8 Å². The molecule has 2 N–H and O–H groups in total. The Morgan fingerprint density at radius 1 is 0.629 bits per heavy atom. The molecular weight excluding hydrogens is 915 g/mol. The fourth-order valence-electron chi connectivity index (χ4n) is 8.81. The van der Waals surface area contributed by atoms with Gasteiger partial charge in [-0.15, -0.1) is 0 Å². The fraction of sp³-hybridized carbons (Fsp3) is 0.463. The molecule has 0 spiro atoms. The molecule has 2 atom stereocenters. The van der Waals surface area contributed by atoms with E-state index >= 15 is 0 Å². The van der Waals surface area contributed by atoms with Crippen LogP contribution in [0.4, 0.5) is 26.3 Å².